The van der Waals surface area contributed by atoms with Gasteiger partial charge in [-0.15, -0.1) is 0 Å². The monoisotopic (exact) mass is 498 g/mol. The van der Waals surface area contributed by atoms with E-state index < -0.39 is 10.0 Å². The molecule has 35 heavy (non-hydrogen) atoms. The fourth-order valence-corrected chi connectivity index (χ4v) is 6.16. The molecule has 1 aliphatic heterocycles. The summed E-state index contributed by atoms with van der Waals surface area (Å²) in [4.78, 5) is 26.4. The van der Waals surface area contributed by atoms with Gasteiger partial charge >= 0.3 is 0 Å². The molecule has 0 aliphatic carbocycles. The molecule has 9 nitrogen and oxygen atoms in total. The molecule has 0 bridgehead atoms. The largest absolute Gasteiger partial charge is 0.353 e. The van der Waals surface area contributed by atoms with E-state index in [0.29, 0.717) is 51.1 Å². The van der Waals surface area contributed by atoms with Crippen LogP contribution in [0.4, 0.5) is 5.82 Å². The lowest BCUT2D eigenvalue weighted by Crippen LogP contribution is -2.49. The third-order valence-corrected chi connectivity index (χ3v) is 8.67. The van der Waals surface area contributed by atoms with Crippen molar-refractivity contribution in [1.29, 1.82) is 0 Å². The number of rotatable bonds is 9. The molecule has 0 saturated carbocycles. The Morgan fingerprint density at radius 1 is 1.03 bits per heavy atom. The van der Waals surface area contributed by atoms with Crippen molar-refractivity contribution in [3.8, 4) is 0 Å². The van der Waals surface area contributed by atoms with Gasteiger partial charge in [-0.1, -0.05) is 19.9 Å². The zero-order valence-corrected chi connectivity index (χ0v) is 21.5. The summed E-state index contributed by atoms with van der Waals surface area (Å²) < 4.78 is 29.4. The van der Waals surface area contributed by atoms with Crippen LogP contribution in [0, 0.1) is 0 Å². The summed E-state index contributed by atoms with van der Waals surface area (Å²) in [5, 5.41) is 0. The first-order valence-electron chi connectivity index (χ1n) is 12.3. The van der Waals surface area contributed by atoms with Crippen LogP contribution in [0.2, 0.25) is 0 Å². The molecule has 0 atom stereocenters. The van der Waals surface area contributed by atoms with Crippen molar-refractivity contribution < 1.29 is 13.2 Å². The normalized spacial score (nSPS) is 14.7. The average Bonchev–Trinajstić information content (AvgIpc) is 3.25. The van der Waals surface area contributed by atoms with Crippen molar-refractivity contribution in [3.63, 3.8) is 0 Å². The number of piperazine rings is 1. The summed E-state index contributed by atoms with van der Waals surface area (Å²) in [7, 11) is -3.55. The second kappa shape index (κ2) is 10.7. The molecule has 10 heteroatoms. The van der Waals surface area contributed by atoms with Crippen molar-refractivity contribution in [2.75, 3.05) is 44.2 Å². The number of pyridine rings is 1. The van der Waals surface area contributed by atoms with Crippen LogP contribution in [-0.4, -0.2) is 77.3 Å². The number of hydrogen-bond donors (Lipinski definition) is 0. The molecule has 1 amide bonds. The molecular weight excluding hydrogens is 464 g/mol. The minimum Gasteiger partial charge on any atom is -0.353 e. The average molecular weight is 499 g/mol. The molecule has 0 radical (unpaired) electrons. The first-order chi connectivity index (χ1) is 16.9. The van der Waals surface area contributed by atoms with Gasteiger partial charge in [0.25, 0.3) is 0 Å². The van der Waals surface area contributed by atoms with Crippen molar-refractivity contribution in [2.45, 2.75) is 45.1 Å². The highest BCUT2D eigenvalue weighted by Gasteiger charge is 2.24. The van der Waals surface area contributed by atoms with E-state index in [9.17, 15) is 13.2 Å². The fourth-order valence-electron chi connectivity index (χ4n) is 4.68. The van der Waals surface area contributed by atoms with E-state index in [-0.39, 0.29) is 10.8 Å². The van der Waals surface area contributed by atoms with Crippen LogP contribution in [0.15, 0.2) is 47.5 Å². The second-order valence-electron chi connectivity index (χ2n) is 8.57. The van der Waals surface area contributed by atoms with Gasteiger partial charge in [-0.2, -0.15) is 4.31 Å². The zero-order valence-electron chi connectivity index (χ0n) is 20.7. The Hall–Kier alpha value is -2.98. The van der Waals surface area contributed by atoms with Crippen LogP contribution in [0.5, 0.6) is 0 Å². The number of amides is 1. The van der Waals surface area contributed by atoms with E-state index >= 15 is 0 Å². The number of fused-ring (bicyclic) bond motifs is 1. The van der Waals surface area contributed by atoms with Crippen molar-refractivity contribution in [1.82, 2.24) is 23.7 Å². The Balaban J connectivity index is 1.44. The summed E-state index contributed by atoms with van der Waals surface area (Å²) >= 11 is 0. The zero-order chi connectivity index (χ0) is 25.0. The lowest BCUT2D eigenvalue weighted by atomic mass is 10.2. The highest BCUT2D eigenvalue weighted by Crippen LogP contribution is 2.24. The van der Waals surface area contributed by atoms with Crippen LogP contribution >= 0.6 is 0 Å². The van der Waals surface area contributed by atoms with Gasteiger partial charge in [-0.3, -0.25) is 4.79 Å². The van der Waals surface area contributed by atoms with Gasteiger partial charge in [-0.05, 0) is 37.3 Å². The minimum absolute atomic E-state index is 0.116. The van der Waals surface area contributed by atoms with Gasteiger partial charge in [0.2, 0.25) is 15.9 Å². The maximum absolute atomic E-state index is 12.9. The quantitative estimate of drug-likeness (QED) is 0.451. The predicted octanol–water partition coefficient (Wildman–Crippen LogP) is 2.76. The molecule has 0 N–H and O–H groups in total. The molecule has 1 aromatic carbocycles. The first-order valence-corrected chi connectivity index (χ1v) is 13.8. The van der Waals surface area contributed by atoms with Crippen LogP contribution in [0.25, 0.3) is 11.0 Å². The number of carbonyl (C=O) groups excluding carboxylic acids is 1. The number of aromatic nitrogens is 3. The van der Waals surface area contributed by atoms with Gasteiger partial charge in [0.1, 0.15) is 11.6 Å². The lowest BCUT2D eigenvalue weighted by Gasteiger charge is -2.35. The summed E-state index contributed by atoms with van der Waals surface area (Å²) in [6, 6.07) is 11.0. The number of anilines is 1. The Morgan fingerprint density at radius 3 is 2.40 bits per heavy atom. The fraction of sp³-hybridized carbons (Fsp3) is 0.480. The summed E-state index contributed by atoms with van der Waals surface area (Å²) in [6.07, 6.45) is 2.67. The Labute approximate surface area is 207 Å². The van der Waals surface area contributed by atoms with Gasteiger partial charge < -0.3 is 14.4 Å². The van der Waals surface area contributed by atoms with Crippen LogP contribution < -0.4 is 4.90 Å². The SMILES string of the molecule is CCN(CC)S(=O)(=O)c1ccc2c(c1)nc(CCC(=O)N1CCN(c3ccccn3)CC1)n2CC. The second-order valence-corrected chi connectivity index (χ2v) is 10.5. The molecule has 3 heterocycles. The van der Waals surface area contributed by atoms with Gasteiger partial charge in [0.15, 0.2) is 0 Å². The third-order valence-electron chi connectivity index (χ3n) is 6.63. The third kappa shape index (κ3) is 5.18. The van der Waals surface area contributed by atoms with E-state index in [1.54, 1.807) is 18.3 Å². The Kier molecular flexibility index (Phi) is 7.71. The highest BCUT2D eigenvalue weighted by atomic mass is 32.2. The number of nitrogens with zero attached hydrogens (tertiary/aromatic N) is 6. The summed E-state index contributed by atoms with van der Waals surface area (Å²) in [5.41, 5.74) is 1.53. The maximum Gasteiger partial charge on any atom is 0.243 e. The summed E-state index contributed by atoms with van der Waals surface area (Å²) in [5.74, 6) is 1.86. The molecular formula is C25H34N6O3S. The Bertz CT molecular complexity index is 1260. The van der Waals surface area contributed by atoms with Crippen LogP contribution in [-0.2, 0) is 27.8 Å². The van der Waals surface area contributed by atoms with Crippen LogP contribution in [0.1, 0.15) is 33.0 Å². The molecule has 2 aromatic heterocycles. The van der Waals surface area contributed by atoms with E-state index in [0.717, 1.165) is 30.2 Å². The van der Waals surface area contributed by atoms with Gasteiger partial charge in [-0.25, -0.2) is 18.4 Å². The van der Waals surface area contributed by atoms with Crippen LogP contribution in [0.3, 0.4) is 0 Å². The Morgan fingerprint density at radius 2 is 1.77 bits per heavy atom. The number of carbonyl (C=O) groups is 1. The lowest BCUT2D eigenvalue weighted by molar-refractivity contribution is -0.131. The van der Waals surface area contributed by atoms with Crippen molar-refractivity contribution in [3.05, 3.63) is 48.4 Å². The summed E-state index contributed by atoms with van der Waals surface area (Å²) in [6.45, 7) is 10.1. The smallest absolute Gasteiger partial charge is 0.243 e. The molecule has 0 spiro atoms. The topological polar surface area (TPSA) is 91.6 Å². The minimum atomic E-state index is -3.55. The van der Waals surface area contributed by atoms with E-state index in [1.165, 1.54) is 4.31 Å². The molecule has 1 fully saturated rings. The first kappa shape index (κ1) is 25.1. The standard InChI is InChI=1S/C25H34N6O3S/c1-4-30(5-2)35(33,34)20-10-11-22-21(19-20)27-24(31(22)6-3)12-13-25(32)29-17-15-28(16-18-29)23-9-7-8-14-26-23/h7-11,14,19H,4-6,12-13,15-18H2,1-3H3. The maximum atomic E-state index is 12.9. The number of benzene rings is 1. The molecule has 4 rings (SSSR count). The van der Waals surface area contributed by atoms with Gasteiger partial charge in [0.05, 0.1) is 15.9 Å². The van der Waals surface area contributed by atoms with Crippen molar-refractivity contribution in [2.24, 2.45) is 0 Å². The number of imidazole rings is 1. The van der Waals surface area contributed by atoms with E-state index in [4.69, 9.17) is 4.98 Å². The molecule has 1 aliphatic rings. The predicted molar refractivity (Wildman–Crippen MR) is 137 cm³/mol. The molecule has 0 unspecified atom stereocenters. The number of hydrogen-bond acceptors (Lipinski definition) is 6. The van der Waals surface area contributed by atoms with E-state index in [2.05, 4.69) is 14.5 Å². The number of sulfonamides is 1. The molecule has 188 valence electrons. The molecule has 1 saturated heterocycles. The van der Waals surface area contributed by atoms with E-state index in [1.807, 2.05) is 49.9 Å². The van der Waals surface area contributed by atoms with Gasteiger partial charge in [0, 0.05) is 64.9 Å². The molecule has 3 aromatic rings. The number of aryl methyl sites for hydroxylation is 2. The highest BCUT2D eigenvalue weighted by molar-refractivity contribution is 7.89. The van der Waals surface area contributed by atoms with Crippen molar-refractivity contribution >= 4 is 32.8 Å².